The fraction of sp³-hybridized carbons (Fsp3) is 0.571. The topological polar surface area (TPSA) is 50.4 Å². The van der Waals surface area contributed by atoms with E-state index in [-0.39, 0.29) is 0 Å². The van der Waals surface area contributed by atoms with Crippen molar-refractivity contribution in [1.82, 2.24) is 5.43 Å². The first kappa shape index (κ1) is 9.17. The zero-order valence-electron chi connectivity index (χ0n) is 6.76. The van der Waals surface area contributed by atoms with Gasteiger partial charge in [0.2, 0.25) is 0 Å². The third-order valence-electron chi connectivity index (χ3n) is 1.18. The highest BCUT2D eigenvalue weighted by Gasteiger charge is 1.96. The average molecular weight is 141 g/mol. The predicted octanol–water partition coefficient (Wildman–Crippen LogP) is 1.04. The van der Waals surface area contributed by atoms with Crippen molar-refractivity contribution in [3.05, 3.63) is 11.8 Å². The highest BCUT2D eigenvalue weighted by molar-refractivity contribution is 5.55. The van der Waals surface area contributed by atoms with Crippen molar-refractivity contribution in [2.24, 2.45) is 16.8 Å². The molecule has 10 heavy (non-hydrogen) atoms. The van der Waals surface area contributed by atoms with Crippen molar-refractivity contribution >= 4 is 6.34 Å². The van der Waals surface area contributed by atoms with E-state index in [1.54, 1.807) is 0 Å². The van der Waals surface area contributed by atoms with Crippen LogP contribution in [-0.2, 0) is 0 Å². The Labute approximate surface area is 62.0 Å². The summed E-state index contributed by atoms with van der Waals surface area (Å²) in [5.74, 6) is 5.46. The van der Waals surface area contributed by atoms with E-state index in [1.165, 1.54) is 6.34 Å². The quantitative estimate of drug-likeness (QED) is 0.267. The van der Waals surface area contributed by atoms with Crippen LogP contribution < -0.4 is 11.3 Å². The number of hydrogen-bond acceptors (Lipinski definition) is 2. The van der Waals surface area contributed by atoms with Crippen LogP contribution in [0.2, 0.25) is 0 Å². The Balaban J connectivity index is 3.98. The van der Waals surface area contributed by atoms with Gasteiger partial charge in [-0.1, -0.05) is 19.9 Å². The van der Waals surface area contributed by atoms with Gasteiger partial charge in [-0.15, -0.1) is 0 Å². The largest absolute Gasteiger partial charge is 0.315 e. The lowest BCUT2D eigenvalue weighted by atomic mass is 10.1. The molecule has 0 bridgehead atoms. The van der Waals surface area contributed by atoms with Crippen LogP contribution in [0.4, 0.5) is 0 Å². The van der Waals surface area contributed by atoms with E-state index in [1.807, 2.05) is 13.0 Å². The molecule has 0 atom stereocenters. The molecule has 0 rings (SSSR count). The average Bonchev–Trinajstić information content (AvgIpc) is 1.89. The van der Waals surface area contributed by atoms with Gasteiger partial charge < -0.3 is 5.43 Å². The number of allylic oxidation sites excluding steroid dienone is 2. The van der Waals surface area contributed by atoms with Crippen molar-refractivity contribution < 1.29 is 0 Å². The molecule has 0 aliphatic rings. The van der Waals surface area contributed by atoms with Crippen LogP contribution >= 0.6 is 0 Å². The van der Waals surface area contributed by atoms with Gasteiger partial charge in [-0.25, -0.2) is 10.8 Å². The van der Waals surface area contributed by atoms with Crippen molar-refractivity contribution in [2.75, 3.05) is 0 Å². The first-order chi connectivity index (χ1) is 4.72. The Hall–Kier alpha value is -0.830. The van der Waals surface area contributed by atoms with Crippen LogP contribution in [-0.4, -0.2) is 6.34 Å². The summed E-state index contributed by atoms with van der Waals surface area (Å²) in [5.41, 5.74) is 3.39. The van der Waals surface area contributed by atoms with E-state index in [2.05, 4.69) is 24.3 Å². The summed E-state index contributed by atoms with van der Waals surface area (Å²) in [6.45, 7) is 6.13. The molecule has 3 heteroatoms. The zero-order chi connectivity index (χ0) is 7.98. The molecule has 0 aliphatic carbocycles. The number of nitrogens with two attached hydrogens (primary N) is 1. The molecule has 0 saturated heterocycles. The molecule has 0 aromatic carbocycles. The van der Waals surface area contributed by atoms with E-state index in [0.717, 1.165) is 5.70 Å². The summed E-state index contributed by atoms with van der Waals surface area (Å²) < 4.78 is 0. The molecule has 0 fully saturated rings. The van der Waals surface area contributed by atoms with Crippen molar-refractivity contribution in [3.8, 4) is 0 Å². The van der Waals surface area contributed by atoms with Gasteiger partial charge in [-0.05, 0) is 12.8 Å². The minimum atomic E-state index is 0.453. The summed E-state index contributed by atoms with van der Waals surface area (Å²) in [6.07, 6.45) is 3.45. The maximum absolute atomic E-state index is 5.01. The van der Waals surface area contributed by atoms with Crippen molar-refractivity contribution in [3.63, 3.8) is 0 Å². The lowest BCUT2D eigenvalue weighted by molar-refractivity contribution is 0.755. The Morgan fingerprint density at radius 3 is 2.50 bits per heavy atom. The molecule has 0 aromatic rings. The Bertz CT molecular complexity index is 136. The van der Waals surface area contributed by atoms with E-state index in [9.17, 15) is 0 Å². The summed E-state index contributed by atoms with van der Waals surface area (Å²) >= 11 is 0. The third kappa shape index (κ3) is 3.25. The molecule has 0 spiro atoms. The van der Waals surface area contributed by atoms with Gasteiger partial charge in [0.15, 0.2) is 0 Å². The van der Waals surface area contributed by atoms with Gasteiger partial charge in [0.25, 0.3) is 0 Å². The number of rotatable bonds is 3. The summed E-state index contributed by atoms with van der Waals surface area (Å²) in [5, 5.41) is 0. The minimum Gasteiger partial charge on any atom is -0.315 e. The highest BCUT2D eigenvalue weighted by atomic mass is 15.2. The monoisotopic (exact) mass is 141 g/mol. The number of hydrogen-bond donors (Lipinski definition) is 2. The molecular formula is C7H15N3. The summed E-state index contributed by atoms with van der Waals surface area (Å²) in [4.78, 5) is 4.06. The van der Waals surface area contributed by atoms with Crippen molar-refractivity contribution in [2.45, 2.75) is 20.8 Å². The molecule has 0 aromatic heterocycles. The summed E-state index contributed by atoms with van der Waals surface area (Å²) in [7, 11) is 0. The second-order valence-electron chi connectivity index (χ2n) is 2.29. The normalized spacial score (nSPS) is 13.1. The fourth-order valence-corrected chi connectivity index (χ4v) is 0.669. The van der Waals surface area contributed by atoms with E-state index < -0.39 is 0 Å². The Kier molecular flexibility index (Phi) is 4.58. The molecule has 0 saturated carbocycles. The molecular weight excluding hydrogens is 126 g/mol. The summed E-state index contributed by atoms with van der Waals surface area (Å²) in [6, 6.07) is 0. The molecule has 0 aliphatic heterocycles. The molecule has 0 amide bonds. The van der Waals surface area contributed by atoms with Crippen LogP contribution in [0.5, 0.6) is 0 Å². The third-order valence-corrected chi connectivity index (χ3v) is 1.18. The lowest BCUT2D eigenvalue weighted by Crippen LogP contribution is -2.19. The number of nitrogens with one attached hydrogen (secondary N) is 1. The first-order valence-electron chi connectivity index (χ1n) is 3.37. The van der Waals surface area contributed by atoms with Crippen molar-refractivity contribution in [1.29, 1.82) is 0 Å². The smallest absolute Gasteiger partial charge is 0.102 e. The van der Waals surface area contributed by atoms with Crippen LogP contribution in [0, 0.1) is 5.92 Å². The molecule has 0 heterocycles. The van der Waals surface area contributed by atoms with Crippen LogP contribution in [0.3, 0.4) is 0 Å². The molecule has 0 unspecified atom stereocenters. The molecule has 3 nitrogen and oxygen atoms in total. The Morgan fingerprint density at radius 1 is 1.60 bits per heavy atom. The van der Waals surface area contributed by atoms with Crippen LogP contribution in [0.15, 0.2) is 16.8 Å². The molecule has 3 N–H and O–H groups in total. The van der Waals surface area contributed by atoms with E-state index >= 15 is 0 Å². The second-order valence-corrected chi connectivity index (χ2v) is 2.29. The first-order valence-corrected chi connectivity index (χ1v) is 3.37. The predicted molar refractivity (Wildman–Crippen MR) is 44.4 cm³/mol. The number of nitrogens with zero attached hydrogens (tertiary/aromatic N) is 1. The minimum absolute atomic E-state index is 0.453. The molecule has 0 radical (unpaired) electrons. The number of aliphatic imine (C=N–C) groups is 1. The van der Waals surface area contributed by atoms with Crippen LogP contribution in [0.1, 0.15) is 20.8 Å². The standard InChI is InChI=1S/C7H15N3/c1-4-7(6(2)3)9-5-10-8/h4-6H,8H2,1-3H3,(H,9,10)/b7-4-. The lowest BCUT2D eigenvalue weighted by Gasteiger charge is -2.02. The maximum atomic E-state index is 5.01. The fourth-order valence-electron chi connectivity index (χ4n) is 0.669. The zero-order valence-corrected chi connectivity index (χ0v) is 6.76. The van der Waals surface area contributed by atoms with Gasteiger partial charge in [0.05, 0.1) is 0 Å². The van der Waals surface area contributed by atoms with Gasteiger partial charge in [0.1, 0.15) is 6.34 Å². The SMILES string of the molecule is C/C=C(\N=CNN)C(C)C. The Morgan fingerprint density at radius 2 is 2.20 bits per heavy atom. The number of hydrazine groups is 1. The van der Waals surface area contributed by atoms with E-state index in [0.29, 0.717) is 5.92 Å². The van der Waals surface area contributed by atoms with Gasteiger partial charge in [0, 0.05) is 5.70 Å². The van der Waals surface area contributed by atoms with Crippen LogP contribution in [0.25, 0.3) is 0 Å². The van der Waals surface area contributed by atoms with Gasteiger partial charge in [-0.2, -0.15) is 0 Å². The van der Waals surface area contributed by atoms with Gasteiger partial charge >= 0.3 is 0 Å². The molecule has 58 valence electrons. The maximum Gasteiger partial charge on any atom is 0.102 e. The van der Waals surface area contributed by atoms with Gasteiger partial charge in [-0.3, -0.25) is 0 Å². The van der Waals surface area contributed by atoms with E-state index in [4.69, 9.17) is 5.84 Å². The second kappa shape index (κ2) is 4.99. The highest BCUT2D eigenvalue weighted by Crippen LogP contribution is 2.08.